The molecule has 2 heterocycles. The van der Waals surface area contributed by atoms with Crippen LogP contribution in [0.15, 0.2) is 49.9 Å². The summed E-state index contributed by atoms with van der Waals surface area (Å²) in [4.78, 5) is 44.8. The van der Waals surface area contributed by atoms with Crippen molar-refractivity contribution in [2.45, 2.75) is 70.3 Å². The predicted molar refractivity (Wildman–Crippen MR) is 126 cm³/mol. The van der Waals surface area contributed by atoms with Crippen molar-refractivity contribution in [2.75, 3.05) is 0 Å². The lowest BCUT2D eigenvalue weighted by Gasteiger charge is -2.35. The first-order chi connectivity index (χ1) is 15.9. The van der Waals surface area contributed by atoms with Crippen molar-refractivity contribution in [2.24, 2.45) is 10.9 Å². The van der Waals surface area contributed by atoms with Gasteiger partial charge < -0.3 is 9.15 Å². The van der Waals surface area contributed by atoms with Gasteiger partial charge in [-0.15, -0.1) is 0 Å². The first-order valence-corrected chi connectivity index (χ1v) is 12.0. The quantitative estimate of drug-likeness (QED) is 0.556. The molecule has 2 atom stereocenters. The van der Waals surface area contributed by atoms with Crippen molar-refractivity contribution >= 4 is 40.0 Å². The molecular formula is C26H26ClNO5. The fourth-order valence-electron chi connectivity index (χ4n) is 5.40. The molecule has 3 aliphatic rings. The van der Waals surface area contributed by atoms with Crippen LogP contribution in [0.5, 0.6) is 0 Å². The lowest BCUT2D eigenvalue weighted by molar-refractivity contribution is -0.153. The minimum atomic E-state index is -0.840. The predicted octanol–water partition coefficient (Wildman–Crippen LogP) is 5.50. The van der Waals surface area contributed by atoms with Gasteiger partial charge in [0, 0.05) is 39.9 Å². The molecule has 0 N–H and O–H groups in total. The number of benzene rings is 1. The molecule has 1 unspecified atom stereocenters. The number of ether oxygens (including phenoxy) is 1. The number of hydrogen-bond donors (Lipinski definition) is 0. The zero-order valence-electron chi connectivity index (χ0n) is 18.6. The Morgan fingerprint density at radius 3 is 2.70 bits per heavy atom. The summed E-state index contributed by atoms with van der Waals surface area (Å²) in [7, 11) is 0. The van der Waals surface area contributed by atoms with Crippen LogP contribution in [0.2, 0.25) is 5.02 Å². The number of allylic oxidation sites excluding steroid dienone is 2. The number of halogens is 1. The highest BCUT2D eigenvalue weighted by atomic mass is 35.5. The Labute approximate surface area is 196 Å². The fraction of sp³-hybridized carbons (Fsp3) is 0.462. The van der Waals surface area contributed by atoms with Gasteiger partial charge in [-0.05, 0) is 63.6 Å². The first kappa shape index (κ1) is 22.1. The molecule has 1 saturated carbocycles. The Morgan fingerprint density at radius 1 is 1.12 bits per heavy atom. The standard InChI is InChI=1S/C26H26ClNO5/c1-14-22(26(31)33-16-6-3-2-4-7-16)23(24-19(28-14)8-5-9-20(24)29)18-13-32-21-11-10-15(27)12-17(21)25(18)30/h10-13,16,22-23H,2-9H2,1H3/t22?,23-/m0/s1. The molecule has 0 bridgehead atoms. The number of carbonyl (C=O) groups is 2. The van der Waals surface area contributed by atoms with Gasteiger partial charge in [0.2, 0.25) is 0 Å². The van der Waals surface area contributed by atoms with Crippen molar-refractivity contribution in [3.05, 3.63) is 56.5 Å². The second-order valence-corrected chi connectivity index (χ2v) is 9.64. The van der Waals surface area contributed by atoms with Crippen LogP contribution in [-0.2, 0) is 14.3 Å². The van der Waals surface area contributed by atoms with Gasteiger partial charge in [0.25, 0.3) is 0 Å². The van der Waals surface area contributed by atoms with E-state index in [1.807, 2.05) is 0 Å². The van der Waals surface area contributed by atoms with E-state index in [0.29, 0.717) is 52.2 Å². The molecule has 6 nitrogen and oxygen atoms in total. The molecular weight excluding hydrogens is 442 g/mol. The third kappa shape index (κ3) is 4.05. The summed E-state index contributed by atoms with van der Waals surface area (Å²) in [5.74, 6) is -2.12. The largest absolute Gasteiger partial charge is 0.464 e. The number of ketones is 1. The maximum absolute atomic E-state index is 13.6. The Kier molecular flexibility index (Phi) is 5.95. The van der Waals surface area contributed by atoms with Gasteiger partial charge in [0.15, 0.2) is 11.2 Å². The Hall–Kier alpha value is -2.73. The maximum atomic E-state index is 13.6. The van der Waals surface area contributed by atoms with Crippen molar-refractivity contribution < 1.29 is 18.7 Å². The van der Waals surface area contributed by atoms with E-state index in [9.17, 15) is 14.4 Å². The number of nitrogens with zero attached hydrogens (tertiary/aromatic N) is 1. The summed E-state index contributed by atoms with van der Waals surface area (Å²) in [5.41, 5.74) is 2.07. The molecule has 0 saturated heterocycles. The van der Waals surface area contributed by atoms with Crippen molar-refractivity contribution in [1.29, 1.82) is 0 Å². The van der Waals surface area contributed by atoms with Crippen LogP contribution in [0.1, 0.15) is 69.8 Å². The summed E-state index contributed by atoms with van der Waals surface area (Å²) in [5, 5.41) is 0.736. The van der Waals surface area contributed by atoms with E-state index in [1.165, 1.54) is 6.26 Å². The SMILES string of the molecule is CC1=NC2=C(C(=O)CCC2)[C@@H](c2coc3ccc(Cl)cc3c2=O)C1C(=O)OC1CCCCC1. The highest BCUT2D eigenvalue weighted by molar-refractivity contribution is 6.31. The molecule has 7 heteroatoms. The van der Waals surface area contributed by atoms with E-state index in [0.717, 1.165) is 32.1 Å². The minimum Gasteiger partial charge on any atom is -0.464 e. The van der Waals surface area contributed by atoms with Crippen molar-refractivity contribution in [1.82, 2.24) is 0 Å². The zero-order chi connectivity index (χ0) is 23.1. The topological polar surface area (TPSA) is 85.9 Å². The van der Waals surface area contributed by atoms with E-state index in [2.05, 4.69) is 4.99 Å². The zero-order valence-corrected chi connectivity index (χ0v) is 19.3. The number of hydrogen-bond acceptors (Lipinski definition) is 6. The summed E-state index contributed by atoms with van der Waals surface area (Å²) >= 11 is 6.14. The molecule has 172 valence electrons. The van der Waals surface area contributed by atoms with E-state index >= 15 is 0 Å². The highest BCUT2D eigenvalue weighted by Gasteiger charge is 2.45. The molecule has 1 aliphatic heterocycles. The highest BCUT2D eigenvalue weighted by Crippen LogP contribution is 2.43. The molecule has 0 spiro atoms. The first-order valence-electron chi connectivity index (χ1n) is 11.7. The number of rotatable bonds is 3. The fourth-order valence-corrected chi connectivity index (χ4v) is 5.57. The maximum Gasteiger partial charge on any atom is 0.315 e. The van der Waals surface area contributed by atoms with Crippen molar-refractivity contribution in [3.63, 3.8) is 0 Å². The molecule has 5 rings (SSSR count). The van der Waals surface area contributed by atoms with Crippen LogP contribution in [0.4, 0.5) is 0 Å². The molecule has 1 aromatic carbocycles. The van der Waals surface area contributed by atoms with Crippen LogP contribution in [0.25, 0.3) is 11.0 Å². The number of Topliss-reactive ketones (excluding diaryl/α,β-unsaturated/α-hetero) is 1. The number of aliphatic imine (C=N–C) groups is 1. The second-order valence-electron chi connectivity index (χ2n) is 9.20. The van der Waals surface area contributed by atoms with Crippen molar-refractivity contribution in [3.8, 4) is 0 Å². The average molecular weight is 468 g/mol. The molecule has 2 aliphatic carbocycles. The molecule has 0 amide bonds. The van der Waals surface area contributed by atoms with Gasteiger partial charge in [-0.2, -0.15) is 0 Å². The lowest BCUT2D eigenvalue weighted by atomic mass is 9.72. The molecule has 0 radical (unpaired) electrons. The molecule has 2 aromatic rings. The lowest BCUT2D eigenvalue weighted by Crippen LogP contribution is -2.40. The smallest absolute Gasteiger partial charge is 0.315 e. The third-order valence-electron chi connectivity index (χ3n) is 7.02. The van der Waals surface area contributed by atoms with Crippen LogP contribution >= 0.6 is 11.6 Å². The Balaban J connectivity index is 1.63. The number of fused-ring (bicyclic) bond motifs is 1. The summed E-state index contributed by atoms with van der Waals surface area (Å²) < 4.78 is 11.7. The Morgan fingerprint density at radius 2 is 1.91 bits per heavy atom. The van der Waals surface area contributed by atoms with Crippen LogP contribution in [0.3, 0.4) is 0 Å². The van der Waals surface area contributed by atoms with E-state index in [1.54, 1.807) is 25.1 Å². The minimum absolute atomic E-state index is 0.0708. The van der Waals surface area contributed by atoms with E-state index < -0.39 is 17.8 Å². The van der Waals surface area contributed by atoms with Gasteiger partial charge in [-0.3, -0.25) is 19.4 Å². The van der Waals surface area contributed by atoms with E-state index in [4.69, 9.17) is 20.8 Å². The average Bonchev–Trinajstić information content (AvgIpc) is 2.80. The summed E-state index contributed by atoms with van der Waals surface area (Å²) in [6.45, 7) is 1.78. The molecule has 1 aromatic heterocycles. The van der Waals surface area contributed by atoms with Gasteiger partial charge in [0.1, 0.15) is 17.6 Å². The third-order valence-corrected chi connectivity index (χ3v) is 7.25. The van der Waals surface area contributed by atoms with Crippen LogP contribution < -0.4 is 5.43 Å². The van der Waals surface area contributed by atoms with E-state index in [-0.39, 0.29) is 22.9 Å². The van der Waals surface area contributed by atoms with Gasteiger partial charge in [-0.1, -0.05) is 18.0 Å². The normalized spacial score (nSPS) is 23.9. The molecule has 1 fully saturated rings. The summed E-state index contributed by atoms with van der Waals surface area (Å²) in [6.07, 6.45) is 7.85. The Bertz CT molecular complexity index is 1250. The van der Waals surface area contributed by atoms with Gasteiger partial charge in [-0.25, -0.2) is 0 Å². The number of carbonyl (C=O) groups excluding carboxylic acids is 2. The number of esters is 1. The van der Waals surface area contributed by atoms with Crippen LogP contribution in [-0.4, -0.2) is 23.6 Å². The van der Waals surface area contributed by atoms with Gasteiger partial charge >= 0.3 is 5.97 Å². The second kappa shape index (κ2) is 8.90. The monoisotopic (exact) mass is 467 g/mol. The molecule has 33 heavy (non-hydrogen) atoms. The van der Waals surface area contributed by atoms with Gasteiger partial charge in [0.05, 0.1) is 11.6 Å². The summed E-state index contributed by atoms with van der Waals surface area (Å²) in [6, 6.07) is 4.85. The van der Waals surface area contributed by atoms with Crippen LogP contribution in [0, 0.1) is 5.92 Å².